The zero-order valence-electron chi connectivity index (χ0n) is 14.9. The summed E-state index contributed by atoms with van der Waals surface area (Å²) in [5.74, 6) is 1.61. The Morgan fingerprint density at radius 3 is 2.60 bits per heavy atom. The number of nitrogens with zero attached hydrogens (tertiary/aromatic N) is 4. The second-order valence-corrected chi connectivity index (χ2v) is 8.77. The minimum absolute atomic E-state index is 0.0300. The van der Waals surface area contributed by atoms with Crippen LogP contribution in [0.25, 0.3) is 0 Å². The van der Waals surface area contributed by atoms with Gasteiger partial charge in [0, 0.05) is 11.6 Å². The Balaban J connectivity index is 1.65. The Hall–Kier alpha value is -1.93. The standard InChI is InChI=1S/C17H21N5OS2/c1-9(2)14-19-15(23-22-14)12(5)24-17-21-20-16(25-17)18-13-7-6-10(3)11(4)8-13/h6-9,12H,1-5H3,(H,18,20). The van der Waals surface area contributed by atoms with Crippen molar-refractivity contribution in [2.45, 2.75) is 50.1 Å². The van der Waals surface area contributed by atoms with Gasteiger partial charge in [0.25, 0.3) is 0 Å². The average Bonchev–Trinajstić information content (AvgIpc) is 3.20. The third-order valence-corrected chi connectivity index (χ3v) is 5.77. The van der Waals surface area contributed by atoms with Crippen LogP contribution in [0.2, 0.25) is 0 Å². The van der Waals surface area contributed by atoms with Crippen LogP contribution in [0.15, 0.2) is 27.1 Å². The van der Waals surface area contributed by atoms with E-state index in [1.165, 1.54) is 22.5 Å². The summed E-state index contributed by atoms with van der Waals surface area (Å²) in [6.07, 6.45) is 0. The van der Waals surface area contributed by atoms with Crippen LogP contribution >= 0.6 is 23.1 Å². The first-order chi connectivity index (χ1) is 11.9. The molecule has 3 aromatic rings. The summed E-state index contributed by atoms with van der Waals surface area (Å²) in [6, 6.07) is 6.25. The van der Waals surface area contributed by atoms with Gasteiger partial charge in [-0.15, -0.1) is 10.2 Å². The van der Waals surface area contributed by atoms with Crippen molar-refractivity contribution in [2.75, 3.05) is 5.32 Å². The number of aryl methyl sites for hydroxylation is 2. The predicted octanol–water partition coefficient (Wildman–Crippen LogP) is 5.26. The van der Waals surface area contributed by atoms with Crippen molar-refractivity contribution < 1.29 is 4.52 Å². The highest BCUT2D eigenvalue weighted by atomic mass is 32.2. The van der Waals surface area contributed by atoms with Crippen LogP contribution in [0.3, 0.4) is 0 Å². The first kappa shape index (κ1) is 17.9. The van der Waals surface area contributed by atoms with Crippen LogP contribution in [0.4, 0.5) is 10.8 Å². The summed E-state index contributed by atoms with van der Waals surface area (Å²) in [5, 5.41) is 16.6. The molecule has 3 rings (SSSR count). The van der Waals surface area contributed by atoms with Crippen LogP contribution in [0.5, 0.6) is 0 Å². The number of rotatable bonds is 6. The Bertz CT molecular complexity index is 858. The van der Waals surface area contributed by atoms with E-state index in [2.05, 4.69) is 51.6 Å². The van der Waals surface area contributed by atoms with Gasteiger partial charge < -0.3 is 9.84 Å². The topological polar surface area (TPSA) is 76.7 Å². The van der Waals surface area contributed by atoms with Crippen molar-refractivity contribution in [3.63, 3.8) is 0 Å². The van der Waals surface area contributed by atoms with Gasteiger partial charge in [-0.3, -0.25) is 0 Å². The number of thioether (sulfide) groups is 1. The molecule has 0 aliphatic heterocycles. The molecule has 0 radical (unpaired) electrons. The Morgan fingerprint density at radius 2 is 1.92 bits per heavy atom. The second kappa shape index (κ2) is 7.53. The molecule has 2 aromatic heterocycles. The largest absolute Gasteiger partial charge is 0.338 e. The molecule has 6 nitrogen and oxygen atoms in total. The third-order valence-electron chi connectivity index (χ3n) is 3.76. The molecule has 0 amide bonds. The molecule has 132 valence electrons. The van der Waals surface area contributed by atoms with E-state index in [1.807, 2.05) is 26.8 Å². The second-order valence-electron chi connectivity index (χ2n) is 6.20. The predicted molar refractivity (Wildman–Crippen MR) is 102 cm³/mol. The van der Waals surface area contributed by atoms with Gasteiger partial charge in [0.2, 0.25) is 11.0 Å². The van der Waals surface area contributed by atoms with Gasteiger partial charge in [-0.25, -0.2) is 0 Å². The SMILES string of the molecule is Cc1ccc(Nc2nnc(SC(C)c3nc(C(C)C)no3)s2)cc1C. The van der Waals surface area contributed by atoms with Crippen molar-refractivity contribution in [3.05, 3.63) is 41.0 Å². The summed E-state index contributed by atoms with van der Waals surface area (Å²) < 4.78 is 6.21. The molecule has 0 saturated heterocycles. The third kappa shape index (κ3) is 4.38. The van der Waals surface area contributed by atoms with Crippen molar-refractivity contribution in [3.8, 4) is 0 Å². The molecule has 0 fully saturated rings. The van der Waals surface area contributed by atoms with Gasteiger partial charge in [0.1, 0.15) is 0 Å². The fourth-order valence-electron chi connectivity index (χ4n) is 2.10. The van der Waals surface area contributed by atoms with E-state index in [-0.39, 0.29) is 11.2 Å². The molecule has 0 aliphatic carbocycles. The quantitative estimate of drug-likeness (QED) is 0.589. The van der Waals surface area contributed by atoms with Gasteiger partial charge in [0.15, 0.2) is 10.2 Å². The van der Waals surface area contributed by atoms with Crippen LogP contribution < -0.4 is 5.32 Å². The van der Waals surface area contributed by atoms with Gasteiger partial charge >= 0.3 is 0 Å². The number of nitrogens with one attached hydrogen (secondary N) is 1. The van der Waals surface area contributed by atoms with E-state index in [1.54, 1.807) is 11.8 Å². The minimum Gasteiger partial charge on any atom is -0.338 e. The average molecular weight is 376 g/mol. The zero-order chi connectivity index (χ0) is 18.0. The fraction of sp³-hybridized carbons (Fsp3) is 0.412. The lowest BCUT2D eigenvalue weighted by molar-refractivity contribution is 0.373. The Kier molecular flexibility index (Phi) is 5.39. The van der Waals surface area contributed by atoms with Crippen molar-refractivity contribution in [1.29, 1.82) is 0 Å². The smallest absolute Gasteiger partial charge is 0.239 e. The lowest BCUT2D eigenvalue weighted by atomic mass is 10.1. The molecule has 1 N–H and O–H groups in total. The van der Waals surface area contributed by atoms with Gasteiger partial charge in [-0.2, -0.15) is 4.98 Å². The summed E-state index contributed by atoms with van der Waals surface area (Å²) >= 11 is 3.08. The minimum atomic E-state index is 0.0300. The highest BCUT2D eigenvalue weighted by molar-refractivity contribution is 8.01. The Labute approximate surface area is 155 Å². The van der Waals surface area contributed by atoms with Crippen molar-refractivity contribution in [1.82, 2.24) is 20.3 Å². The molecule has 0 bridgehead atoms. The summed E-state index contributed by atoms with van der Waals surface area (Å²) in [4.78, 5) is 4.44. The molecule has 0 saturated carbocycles. The molecule has 2 heterocycles. The van der Waals surface area contributed by atoms with E-state index < -0.39 is 0 Å². The van der Waals surface area contributed by atoms with Crippen molar-refractivity contribution in [2.24, 2.45) is 0 Å². The molecule has 0 spiro atoms. The number of aromatic nitrogens is 4. The molecule has 1 atom stereocenters. The maximum Gasteiger partial charge on any atom is 0.239 e. The lowest BCUT2D eigenvalue weighted by Crippen LogP contribution is -1.92. The molecule has 1 aromatic carbocycles. The first-order valence-electron chi connectivity index (χ1n) is 8.10. The molecule has 8 heteroatoms. The lowest BCUT2D eigenvalue weighted by Gasteiger charge is -2.05. The van der Waals surface area contributed by atoms with Gasteiger partial charge in [-0.05, 0) is 44.0 Å². The number of hydrogen-bond donors (Lipinski definition) is 1. The molecule has 0 aliphatic rings. The maximum atomic E-state index is 5.35. The summed E-state index contributed by atoms with van der Waals surface area (Å²) in [6.45, 7) is 10.3. The first-order valence-corrected chi connectivity index (χ1v) is 9.80. The van der Waals surface area contributed by atoms with Crippen molar-refractivity contribution >= 4 is 33.9 Å². The van der Waals surface area contributed by atoms with Crippen LogP contribution in [0, 0.1) is 13.8 Å². The van der Waals surface area contributed by atoms with Gasteiger partial charge in [0.05, 0.1) is 5.25 Å². The van der Waals surface area contributed by atoms with E-state index in [4.69, 9.17) is 4.52 Å². The van der Waals surface area contributed by atoms with Crippen LogP contribution in [-0.4, -0.2) is 20.3 Å². The highest BCUT2D eigenvalue weighted by Crippen LogP contribution is 2.37. The summed E-state index contributed by atoms with van der Waals surface area (Å²) in [7, 11) is 0. The molecular formula is C17H21N5OS2. The molecular weight excluding hydrogens is 354 g/mol. The number of anilines is 2. The van der Waals surface area contributed by atoms with Crippen LogP contribution in [0.1, 0.15) is 54.8 Å². The monoisotopic (exact) mass is 375 g/mol. The zero-order valence-corrected chi connectivity index (χ0v) is 16.5. The van der Waals surface area contributed by atoms with E-state index in [0.29, 0.717) is 5.89 Å². The van der Waals surface area contributed by atoms with E-state index >= 15 is 0 Å². The molecule has 1 unspecified atom stereocenters. The maximum absolute atomic E-state index is 5.35. The van der Waals surface area contributed by atoms with Crippen LogP contribution in [-0.2, 0) is 0 Å². The number of benzene rings is 1. The highest BCUT2D eigenvalue weighted by Gasteiger charge is 2.19. The van der Waals surface area contributed by atoms with Gasteiger partial charge in [-0.1, -0.05) is 48.2 Å². The Morgan fingerprint density at radius 1 is 1.12 bits per heavy atom. The normalized spacial score (nSPS) is 12.6. The fourth-order valence-corrected chi connectivity index (χ4v) is 4.05. The number of hydrogen-bond acceptors (Lipinski definition) is 8. The molecule has 25 heavy (non-hydrogen) atoms. The van der Waals surface area contributed by atoms with E-state index in [9.17, 15) is 0 Å². The summed E-state index contributed by atoms with van der Waals surface area (Å²) in [5.41, 5.74) is 3.53. The van der Waals surface area contributed by atoms with E-state index in [0.717, 1.165) is 21.0 Å².